The van der Waals surface area contributed by atoms with Crippen LogP contribution in [0.5, 0.6) is 0 Å². The van der Waals surface area contributed by atoms with Crippen molar-refractivity contribution in [2.24, 2.45) is 0 Å². The molecular weight excluding hydrogens is 565 g/mol. The predicted molar refractivity (Wildman–Crippen MR) is 145 cm³/mol. The molecule has 9 heteroatoms. The molecule has 0 aliphatic heterocycles. The lowest BCUT2D eigenvalue weighted by atomic mass is 10.1. The van der Waals surface area contributed by atoms with E-state index >= 15 is 0 Å². The molecule has 0 spiro atoms. The van der Waals surface area contributed by atoms with Crippen LogP contribution in [-0.2, 0) is 26.2 Å². The molecule has 2 rings (SSSR count). The molecule has 0 fully saturated rings. The molecule has 0 radical (unpaired) electrons. The molecule has 0 aromatic heterocycles. The topological polar surface area (TPSA) is 86.8 Å². The van der Waals surface area contributed by atoms with Crippen molar-refractivity contribution < 1.29 is 18.0 Å². The first-order chi connectivity index (χ1) is 16.1. The Kier molecular flexibility index (Phi) is 10.8. The maximum atomic E-state index is 13.6. The Morgan fingerprint density at radius 1 is 1.09 bits per heavy atom. The molecule has 2 amide bonds. The van der Waals surface area contributed by atoms with Gasteiger partial charge in [-0.15, -0.1) is 0 Å². The summed E-state index contributed by atoms with van der Waals surface area (Å²) in [5.74, 6) is -0.653. The van der Waals surface area contributed by atoms with E-state index in [0.717, 1.165) is 38.1 Å². The number of sulfonamides is 1. The molecule has 1 atom stereocenters. The third-order valence-electron chi connectivity index (χ3n) is 5.44. The maximum Gasteiger partial charge on any atom is 0.244 e. The van der Waals surface area contributed by atoms with Gasteiger partial charge in [0, 0.05) is 16.7 Å². The summed E-state index contributed by atoms with van der Waals surface area (Å²) in [6.07, 6.45) is 3.29. The van der Waals surface area contributed by atoms with Crippen LogP contribution in [0.15, 0.2) is 48.5 Å². The second-order valence-corrected chi connectivity index (χ2v) is 11.5. The van der Waals surface area contributed by atoms with Gasteiger partial charge in [-0.05, 0) is 72.2 Å². The first-order valence-corrected chi connectivity index (χ1v) is 14.4. The van der Waals surface area contributed by atoms with Crippen LogP contribution in [0.3, 0.4) is 0 Å². The molecule has 7 nitrogen and oxygen atoms in total. The van der Waals surface area contributed by atoms with E-state index in [0.29, 0.717) is 18.7 Å². The highest BCUT2D eigenvalue weighted by Gasteiger charge is 2.31. The zero-order chi connectivity index (χ0) is 25.3. The van der Waals surface area contributed by atoms with Crippen LogP contribution >= 0.6 is 22.6 Å². The summed E-state index contributed by atoms with van der Waals surface area (Å²) in [4.78, 5) is 28.1. The van der Waals surface area contributed by atoms with E-state index in [1.54, 1.807) is 24.3 Å². The zero-order valence-corrected chi connectivity index (χ0v) is 23.2. The Labute approximate surface area is 217 Å². The number of rotatable bonds is 12. The van der Waals surface area contributed by atoms with Gasteiger partial charge < -0.3 is 10.2 Å². The average Bonchev–Trinajstić information content (AvgIpc) is 2.77. The number of hydrogen-bond acceptors (Lipinski definition) is 4. The SMILES string of the molecule is CCCCNC(=O)C(CC)N(Cc1cccc(C)c1)C(=O)CN(c1ccc(I)cc1)S(C)(=O)=O. The van der Waals surface area contributed by atoms with Crippen molar-refractivity contribution in [2.45, 2.75) is 52.6 Å². The lowest BCUT2D eigenvalue weighted by Gasteiger charge is -2.33. The molecule has 0 saturated carbocycles. The number of aryl methyl sites for hydroxylation is 1. The largest absolute Gasteiger partial charge is 0.354 e. The molecule has 1 N–H and O–H groups in total. The van der Waals surface area contributed by atoms with Crippen LogP contribution in [0.1, 0.15) is 44.2 Å². The molecule has 2 aromatic carbocycles. The third kappa shape index (κ3) is 8.26. The van der Waals surface area contributed by atoms with E-state index < -0.39 is 22.0 Å². The Balaban J connectivity index is 2.39. The smallest absolute Gasteiger partial charge is 0.244 e. The molecule has 0 heterocycles. The molecule has 2 aromatic rings. The van der Waals surface area contributed by atoms with Crippen molar-refractivity contribution >= 4 is 50.1 Å². The normalized spacial score (nSPS) is 12.1. The Morgan fingerprint density at radius 2 is 1.76 bits per heavy atom. The van der Waals surface area contributed by atoms with Gasteiger partial charge in [0.1, 0.15) is 12.6 Å². The molecule has 0 aliphatic carbocycles. The summed E-state index contributed by atoms with van der Waals surface area (Å²) in [7, 11) is -3.73. The van der Waals surface area contributed by atoms with E-state index in [1.807, 2.05) is 45.0 Å². The minimum Gasteiger partial charge on any atom is -0.354 e. The van der Waals surface area contributed by atoms with Gasteiger partial charge >= 0.3 is 0 Å². The number of amides is 2. The van der Waals surface area contributed by atoms with Gasteiger partial charge in [0.2, 0.25) is 21.8 Å². The monoisotopic (exact) mass is 599 g/mol. The van der Waals surface area contributed by atoms with Gasteiger partial charge in [0.25, 0.3) is 0 Å². The average molecular weight is 600 g/mol. The number of unbranched alkanes of at least 4 members (excludes halogenated alkanes) is 1. The van der Waals surface area contributed by atoms with Gasteiger partial charge in [0.05, 0.1) is 11.9 Å². The Morgan fingerprint density at radius 3 is 2.32 bits per heavy atom. The fourth-order valence-corrected chi connectivity index (χ4v) is 4.86. The second kappa shape index (κ2) is 13.1. The number of benzene rings is 2. The van der Waals surface area contributed by atoms with E-state index in [-0.39, 0.29) is 19.0 Å². The number of carbonyl (C=O) groups is 2. The van der Waals surface area contributed by atoms with Crippen molar-refractivity contribution in [3.05, 3.63) is 63.2 Å². The minimum absolute atomic E-state index is 0.213. The molecule has 1 unspecified atom stereocenters. The predicted octanol–water partition coefficient (Wildman–Crippen LogP) is 4.09. The highest BCUT2D eigenvalue weighted by atomic mass is 127. The zero-order valence-electron chi connectivity index (χ0n) is 20.3. The lowest BCUT2D eigenvalue weighted by Crippen LogP contribution is -2.52. The van der Waals surface area contributed by atoms with Crippen LogP contribution in [0.25, 0.3) is 0 Å². The van der Waals surface area contributed by atoms with Crippen LogP contribution in [0.4, 0.5) is 5.69 Å². The number of halogens is 1. The summed E-state index contributed by atoms with van der Waals surface area (Å²) in [5, 5.41) is 2.92. The summed E-state index contributed by atoms with van der Waals surface area (Å²) >= 11 is 2.14. The molecule has 0 aliphatic rings. The fraction of sp³-hybridized carbons (Fsp3) is 0.440. The standard InChI is InChI=1S/C25H34IN3O4S/c1-5-7-15-27-25(31)23(6-2)28(17-20-10-8-9-19(3)16-20)24(30)18-29(34(4,32)33)22-13-11-21(26)12-14-22/h8-14,16,23H,5-7,15,17-18H2,1-4H3,(H,27,31). The van der Waals surface area contributed by atoms with Crippen molar-refractivity contribution in [1.82, 2.24) is 10.2 Å². The van der Waals surface area contributed by atoms with Crippen LogP contribution in [0.2, 0.25) is 0 Å². The molecule has 34 heavy (non-hydrogen) atoms. The highest BCUT2D eigenvalue weighted by molar-refractivity contribution is 14.1. The number of nitrogens with one attached hydrogen (secondary N) is 1. The van der Waals surface area contributed by atoms with Gasteiger partial charge in [-0.25, -0.2) is 8.42 Å². The summed E-state index contributed by atoms with van der Waals surface area (Å²) < 4.78 is 27.2. The fourth-order valence-electron chi connectivity index (χ4n) is 3.65. The van der Waals surface area contributed by atoms with E-state index in [4.69, 9.17) is 0 Å². The molecule has 0 bridgehead atoms. The maximum absolute atomic E-state index is 13.6. The van der Waals surface area contributed by atoms with Crippen LogP contribution < -0.4 is 9.62 Å². The van der Waals surface area contributed by atoms with E-state index in [1.165, 1.54) is 4.90 Å². The van der Waals surface area contributed by atoms with Gasteiger partial charge in [0.15, 0.2) is 0 Å². The second-order valence-electron chi connectivity index (χ2n) is 8.33. The van der Waals surface area contributed by atoms with Crippen LogP contribution in [0, 0.1) is 10.5 Å². The van der Waals surface area contributed by atoms with Crippen molar-refractivity contribution in [2.75, 3.05) is 23.7 Å². The Bertz CT molecular complexity index is 1070. The highest BCUT2D eigenvalue weighted by Crippen LogP contribution is 2.21. The number of carbonyl (C=O) groups excluding carboxylic acids is 2. The van der Waals surface area contributed by atoms with Gasteiger partial charge in [-0.2, -0.15) is 0 Å². The summed E-state index contributed by atoms with van der Waals surface area (Å²) in [6, 6.07) is 14.0. The first-order valence-electron chi connectivity index (χ1n) is 11.4. The summed E-state index contributed by atoms with van der Waals surface area (Å²) in [5.41, 5.74) is 2.34. The Hall–Kier alpha value is -2.14. The molecular formula is C25H34IN3O4S. The van der Waals surface area contributed by atoms with E-state index in [9.17, 15) is 18.0 Å². The van der Waals surface area contributed by atoms with Crippen molar-refractivity contribution in [3.63, 3.8) is 0 Å². The number of nitrogens with zero attached hydrogens (tertiary/aromatic N) is 2. The quantitative estimate of drug-likeness (QED) is 0.294. The summed E-state index contributed by atoms with van der Waals surface area (Å²) in [6.45, 7) is 6.23. The molecule has 0 saturated heterocycles. The van der Waals surface area contributed by atoms with Gasteiger partial charge in [-0.1, -0.05) is 50.1 Å². The van der Waals surface area contributed by atoms with Crippen molar-refractivity contribution in [3.8, 4) is 0 Å². The lowest BCUT2D eigenvalue weighted by molar-refractivity contribution is -0.140. The first kappa shape index (κ1) is 28.1. The van der Waals surface area contributed by atoms with E-state index in [2.05, 4.69) is 27.9 Å². The third-order valence-corrected chi connectivity index (χ3v) is 7.30. The van der Waals surface area contributed by atoms with Gasteiger partial charge in [-0.3, -0.25) is 13.9 Å². The van der Waals surface area contributed by atoms with Crippen LogP contribution in [-0.4, -0.2) is 50.5 Å². The van der Waals surface area contributed by atoms with Crippen molar-refractivity contribution in [1.29, 1.82) is 0 Å². The number of anilines is 1. The molecule has 186 valence electrons. The number of hydrogen-bond donors (Lipinski definition) is 1. The minimum atomic E-state index is -3.73.